The molecule has 0 spiro atoms. The van der Waals surface area contributed by atoms with Crippen LogP contribution in [0.5, 0.6) is 0 Å². The van der Waals surface area contributed by atoms with Gasteiger partial charge in [-0.3, -0.25) is 4.90 Å². The molecule has 6 nitrogen and oxygen atoms in total. The van der Waals surface area contributed by atoms with Crippen molar-refractivity contribution in [2.45, 2.75) is 40.2 Å². The molecule has 1 aliphatic heterocycles. The number of nitrogens with zero attached hydrogens (tertiary/aromatic N) is 3. The van der Waals surface area contributed by atoms with Gasteiger partial charge < -0.3 is 9.84 Å². The van der Waals surface area contributed by atoms with Crippen molar-refractivity contribution in [3.8, 4) is 11.4 Å². The maximum absolute atomic E-state index is 13.3. The Morgan fingerprint density at radius 1 is 1.12 bits per heavy atom. The summed E-state index contributed by atoms with van der Waals surface area (Å²) in [5.41, 5.74) is 4.35. The van der Waals surface area contributed by atoms with E-state index in [1.165, 1.54) is 17.7 Å². The zero-order valence-electron chi connectivity index (χ0n) is 18.7. The summed E-state index contributed by atoms with van der Waals surface area (Å²) in [4.78, 5) is 19.3. The molecule has 0 saturated carbocycles. The van der Waals surface area contributed by atoms with Gasteiger partial charge in [0.25, 0.3) is 5.89 Å². The zero-order valence-corrected chi connectivity index (χ0v) is 18.7. The Morgan fingerprint density at radius 3 is 2.44 bits per heavy atom. The highest BCUT2D eigenvalue weighted by Gasteiger charge is 2.35. The predicted molar refractivity (Wildman–Crippen MR) is 121 cm³/mol. The van der Waals surface area contributed by atoms with Gasteiger partial charge in [-0.2, -0.15) is 4.98 Å². The second-order valence-corrected chi connectivity index (χ2v) is 8.41. The summed E-state index contributed by atoms with van der Waals surface area (Å²) in [5, 5.41) is 7.23. The van der Waals surface area contributed by atoms with Crippen molar-refractivity contribution < 1.29 is 13.7 Å². The van der Waals surface area contributed by atoms with Crippen LogP contribution in [0.4, 0.5) is 9.18 Å². The van der Waals surface area contributed by atoms with Crippen molar-refractivity contribution in [1.82, 2.24) is 20.4 Å². The van der Waals surface area contributed by atoms with E-state index in [-0.39, 0.29) is 17.8 Å². The minimum atomic E-state index is -0.418. The van der Waals surface area contributed by atoms with E-state index in [4.69, 9.17) is 4.52 Å². The van der Waals surface area contributed by atoms with E-state index in [0.717, 1.165) is 23.3 Å². The molecule has 1 atom stereocenters. The summed E-state index contributed by atoms with van der Waals surface area (Å²) in [7, 11) is 0. The molecule has 2 amide bonds. The van der Waals surface area contributed by atoms with Crippen molar-refractivity contribution >= 4 is 11.6 Å². The third-order valence-electron chi connectivity index (χ3n) is 5.62. The number of hydrogen-bond donors (Lipinski definition) is 1. The Bertz CT molecular complexity index is 1130. The van der Waals surface area contributed by atoms with E-state index in [9.17, 15) is 9.18 Å². The van der Waals surface area contributed by atoms with Gasteiger partial charge in [0, 0.05) is 17.8 Å². The summed E-state index contributed by atoms with van der Waals surface area (Å²) >= 11 is 0. The molecule has 7 heteroatoms. The number of hydrogen-bond acceptors (Lipinski definition) is 4. The summed E-state index contributed by atoms with van der Waals surface area (Å²) in [5.74, 6) is 0.661. The lowest BCUT2D eigenvalue weighted by Crippen LogP contribution is -2.47. The molecule has 1 N–H and O–H groups in total. The fourth-order valence-corrected chi connectivity index (χ4v) is 3.89. The molecule has 1 unspecified atom stereocenters. The Kier molecular flexibility index (Phi) is 6.08. The lowest BCUT2D eigenvalue weighted by molar-refractivity contribution is 0.199. The van der Waals surface area contributed by atoms with Crippen LogP contribution in [0.15, 0.2) is 58.8 Å². The van der Waals surface area contributed by atoms with E-state index in [1.807, 2.05) is 19.1 Å². The second kappa shape index (κ2) is 8.94. The van der Waals surface area contributed by atoms with Gasteiger partial charge in [-0.25, -0.2) is 9.18 Å². The Balaban J connectivity index is 1.79. The molecule has 0 bridgehead atoms. The van der Waals surface area contributed by atoms with Crippen LogP contribution in [0.25, 0.3) is 17.0 Å². The van der Waals surface area contributed by atoms with Crippen LogP contribution in [-0.2, 0) is 6.42 Å². The topological polar surface area (TPSA) is 71.3 Å². The van der Waals surface area contributed by atoms with Crippen LogP contribution in [0, 0.1) is 11.7 Å². The number of aromatic nitrogens is 2. The highest BCUT2D eigenvalue weighted by molar-refractivity contribution is 5.86. The quantitative estimate of drug-likeness (QED) is 0.549. The van der Waals surface area contributed by atoms with Crippen LogP contribution in [-0.4, -0.2) is 27.6 Å². The summed E-state index contributed by atoms with van der Waals surface area (Å²) in [6.07, 6.45) is 0.936. The van der Waals surface area contributed by atoms with E-state index in [2.05, 4.69) is 48.4 Å². The fraction of sp³-hybridized carbons (Fsp3) is 0.320. The van der Waals surface area contributed by atoms with Gasteiger partial charge >= 0.3 is 6.03 Å². The summed E-state index contributed by atoms with van der Waals surface area (Å²) in [6.45, 7) is 8.71. The zero-order chi connectivity index (χ0) is 22.8. The molecule has 166 valence electrons. The van der Waals surface area contributed by atoms with E-state index < -0.39 is 6.04 Å². The van der Waals surface area contributed by atoms with E-state index in [1.54, 1.807) is 17.0 Å². The Labute approximate surface area is 187 Å². The minimum absolute atomic E-state index is 0.150. The molecule has 0 radical (unpaired) electrons. The molecule has 2 aromatic carbocycles. The van der Waals surface area contributed by atoms with Gasteiger partial charge in [-0.05, 0) is 54.7 Å². The van der Waals surface area contributed by atoms with Crippen molar-refractivity contribution in [3.63, 3.8) is 0 Å². The fourth-order valence-electron chi connectivity index (χ4n) is 3.89. The predicted octanol–water partition coefficient (Wildman–Crippen LogP) is 5.59. The number of urea groups is 1. The normalized spacial score (nSPS) is 16.6. The molecule has 3 aromatic rings. The van der Waals surface area contributed by atoms with Crippen LogP contribution < -0.4 is 5.32 Å². The number of carbonyl (C=O) groups is 1. The highest BCUT2D eigenvalue weighted by Crippen LogP contribution is 2.37. The van der Waals surface area contributed by atoms with Crippen molar-refractivity contribution in [3.05, 3.63) is 77.1 Å². The van der Waals surface area contributed by atoms with E-state index in [0.29, 0.717) is 23.8 Å². The lowest BCUT2D eigenvalue weighted by atomic mass is 9.93. The third-order valence-corrected chi connectivity index (χ3v) is 5.62. The molecular weight excluding hydrogens is 407 g/mol. The monoisotopic (exact) mass is 434 g/mol. The molecular formula is C25H27FN4O2. The number of allylic oxidation sites excluding steroid dienone is 1. The van der Waals surface area contributed by atoms with Gasteiger partial charge in [-0.1, -0.05) is 50.2 Å². The summed E-state index contributed by atoms with van der Waals surface area (Å²) in [6, 6.07) is 13.5. The smallest absolute Gasteiger partial charge is 0.322 e. The second-order valence-electron chi connectivity index (χ2n) is 8.41. The van der Waals surface area contributed by atoms with Crippen molar-refractivity contribution in [1.29, 1.82) is 0 Å². The number of amides is 2. The largest absolute Gasteiger partial charge is 0.334 e. The standard InChI is InChI=1S/C25H27FN4O2/c1-5-17-6-8-18(9-7-17)22-21(16(4)30(14-15(2)3)25(31)27-22)24-28-23(29-32-24)19-10-12-20(26)13-11-19/h6-13,15,22H,5,14H2,1-4H3,(H,27,31). The number of rotatable bonds is 6. The first-order valence-electron chi connectivity index (χ1n) is 10.8. The molecule has 1 aromatic heterocycles. The van der Waals surface area contributed by atoms with Crippen molar-refractivity contribution in [2.24, 2.45) is 5.92 Å². The molecule has 0 aliphatic carbocycles. The van der Waals surface area contributed by atoms with Crippen LogP contribution in [0.1, 0.15) is 50.8 Å². The molecule has 0 fully saturated rings. The van der Waals surface area contributed by atoms with Gasteiger partial charge in [0.15, 0.2) is 0 Å². The van der Waals surface area contributed by atoms with Gasteiger partial charge in [0.1, 0.15) is 5.82 Å². The maximum Gasteiger partial charge on any atom is 0.322 e. The molecule has 4 rings (SSSR count). The van der Waals surface area contributed by atoms with Crippen LogP contribution >= 0.6 is 0 Å². The average molecular weight is 435 g/mol. The third kappa shape index (κ3) is 4.28. The lowest BCUT2D eigenvalue weighted by Gasteiger charge is -2.36. The first kappa shape index (κ1) is 21.7. The molecule has 2 heterocycles. The first-order chi connectivity index (χ1) is 15.4. The van der Waals surface area contributed by atoms with Crippen LogP contribution in [0.3, 0.4) is 0 Å². The van der Waals surface area contributed by atoms with E-state index >= 15 is 0 Å². The molecule has 0 saturated heterocycles. The van der Waals surface area contributed by atoms with Gasteiger partial charge in [-0.15, -0.1) is 0 Å². The van der Waals surface area contributed by atoms with Gasteiger partial charge in [0.2, 0.25) is 5.82 Å². The number of aryl methyl sites for hydroxylation is 1. The number of nitrogens with one attached hydrogen (secondary N) is 1. The maximum atomic E-state index is 13.3. The Morgan fingerprint density at radius 2 is 1.81 bits per heavy atom. The van der Waals surface area contributed by atoms with Crippen molar-refractivity contribution in [2.75, 3.05) is 6.54 Å². The first-order valence-corrected chi connectivity index (χ1v) is 10.8. The number of carbonyl (C=O) groups excluding carboxylic acids is 1. The number of benzene rings is 2. The summed E-state index contributed by atoms with van der Waals surface area (Å²) < 4.78 is 19.0. The average Bonchev–Trinajstić information content (AvgIpc) is 3.26. The number of halogens is 1. The Hall–Kier alpha value is -3.48. The molecule has 32 heavy (non-hydrogen) atoms. The highest BCUT2D eigenvalue weighted by atomic mass is 19.1. The SMILES string of the molecule is CCc1ccc(C2NC(=O)N(CC(C)C)C(C)=C2c2nc(-c3ccc(F)cc3)no2)cc1. The molecule has 1 aliphatic rings. The minimum Gasteiger partial charge on any atom is -0.334 e. The van der Waals surface area contributed by atoms with Gasteiger partial charge in [0.05, 0.1) is 11.6 Å². The van der Waals surface area contributed by atoms with Crippen LogP contribution in [0.2, 0.25) is 0 Å².